The van der Waals surface area contributed by atoms with Crippen molar-refractivity contribution in [3.8, 4) is 0 Å². The molecule has 0 aromatic rings. The fourth-order valence-corrected chi connectivity index (χ4v) is 2.60. The van der Waals surface area contributed by atoms with Crippen LogP contribution < -0.4 is 0 Å². The SMILES string of the molecule is CC(CO)N(C)C1CC(C)(C)OC1(C)C. The maximum atomic E-state index is 9.18. The number of nitrogens with zero attached hydrogens (tertiary/aromatic N) is 1. The van der Waals surface area contributed by atoms with Crippen molar-refractivity contribution < 1.29 is 9.84 Å². The zero-order chi connectivity index (χ0) is 11.9. The summed E-state index contributed by atoms with van der Waals surface area (Å²) in [5.74, 6) is 0. The van der Waals surface area contributed by atoms with Gasteiger partial charge in [-0.15, -0.1) is 0 Å². The van der Waals surface area contributed by atoms with Crippen molar-refractivity contribution in [1.29, 1.82) is 0 Å². The summed E-state index contributed by atoms with van der Waals surface area (Å²) < 4.78 is 6.04. The fraction of sp³-hybridized carbons (Fsp3) is 1.00. The largest absolute Gasteiger partial charge is 0.395 e. The van der Waals surface area contributed by atoms with Crippen LogP contribution in [0, 0.1) is 0 Å². The number of rotatable bonds is 3. The fourth-order valence-electron chi connectivity index (χ4n) is 2.60. The molecule has 1 rings (SSSR count). The molecule has 3 heteroatoms. The predicted molar refractivity (Wildman–Crippen MR) is 62.0 cm³/mol. The number of hydrogen-bond donors (Lipinski definition) is 1. The molecule has 1 saturated heterocycles. The zero-order valence-electron chi connectivity index (χ0n) is 10.9. The Balaban J connectivity index is 2.78. The van der Waals surface area contributed by atoms with Gasteiger partial charge in [0.15, 0.2) is 0 Å². The highest BCUT2D eigenvalue weighted by molar-refractivity contribution is 5.00. The van der Waals surface area contributed by atoms with Crippen LogP contribution >= 0.6 is 0 Å². The van der Waals surface area contributed by atoms with Crippen LogP contribution in [0.15, 0.2) is 0 Å². The van der Waals surface area contributed by atoms with Crippen molar-refractivity contribution in [3.63, 3.8) is 0 Å². The highest BCUT2D eigenvalue weighted by Crippen LogP contribution is 2.40. The van der Waals surface area contributed by atoms with E-state index >= 15 is 0 Å². The van der Waals surface area contributed by atoms with Crippen LogP contribution in [0.2, 0.25) is 0 Å². The summed E-state index contributed by atoms with van der Waals surface area (Å²) in [4.78, 5) is 2.23. The van der Waals surface area contributed by atoms with Gasteiger partial charge >= 0.3 is 0 Å². The Morgan fingerprint density at radius 2 is 1.93 bits per heavy atom. The van der Waals surface area contributed by atoms with Crippen LogP contribution in [0.25, 0.3) is 0 Å². The van der Waals surface area contributed by atoms with E-state index in [2.05, 4.69) is 39.6 Å². The van der Waals surface area contributed by atoms with E-state index in [-0.39, 0.29) is 23.9 Å². The Bertz CT molecular complexity index is 226. The molecule has 0 saturated carbocycles. The molecule has 0 aromatic carbocycles. The molecule has 0 spiro atoms. The van der Waals surface area contributed by atoms with E-state index in [0.29, 0.717) is 6.04 Å². The van der Waals surface area contributed by atoms with Gasteiger partial charge in [-0.05, 0) is 48.1 Å². The van der Waals surface area contributed by atoms with Gasteiger partial charge in [-0.1, -0.05) is 0 Å². The molecule has 2 atom stereocenters. The number of aliphatic hydroxyl groups excluding tert-OH is 1. The zero-order valence-corrected chi connectivity index (χ0v) is 10.9. The molecular formula is C12H25NO2. The minimum absolute atomic E-state index is 0.0579. The third-order valence-corrected chi connectivity index (χ3v) is 3.48. The van der Waals surface area contributed by atoms with Crippen molar-refractivity contribution in [2.45, 2.75) is 64.3 Å². The minimum atomic E-state index is -0.137. The minimum Gasteiger partial charge on any atom is -0.395 e. The Kier molecular flexibility index (Phi) is 3.49. The molecule has 1 aliphatic heterocycles. The first-order chi connectivity index (χ1) is 6.69. The summed E-state index contributed by atoms with van der Waals surface area (Å²) in [6.07, 6.45) is 1.01. The molecule has 3 nitrogen and oxygen atoms in total. The summed E-state index contributed by atoms with van der Waals surface area (Å²) in [5.41, 5.74) is -0.195. The first kappa shape index (κ1) is 12.9. The second kappa shape index (κ2) is 4.04. The molecule has 0 amide bonds. The third-order valence-electron chi connectivity index (χ3n) is 3.48. The van der Waals surface area contributed by atoms with Gasteiger partial charge in [0.2, 0.25) is 0 Å². The highest BCUT2D eigenvalue weighted by Gasteiger charge is 2.48. The second-order valence-electron chi connectivity index (χ2n) is 5.88. The topological polar surface area (TPSA) is 32.7 Å². The number of aliphatic hydroxyl groups is 1. The summed E-state index contributed by atoms with van der Waals surface area (Å²) in [5, 5.41) is 9.18. The molecule has 15 heavy (non-hydrogen) atoms. The van der Waals surface area contributed by atoms with Gasteiger partial charge in [0.25, 0.3) is 0 Å². The van der Waals surface area contributed by atoms with Gasteiger partial charge in [0.05, 0.1) is 17.8 Å². The van der Waals surface area contributed by atoms with Gasteiger partial charge in [-0.2, -0.15) is 0 Å². The average molecular weight is 215 g/mol. The van der Waals surface area contributed by atoms with Crippen LogP contribution in [0.4, 0.5) is 0 Å². The molecule has 0 aromatic heterocycles. The van der Waals surface area contributed by atoms with Crippen molar-refractivity contribution in [3.05, 3.63) is 0 Å². The van der Waals surface area contributed by atoms with Crippen molar-refractivity contribution >= 4 is 0 Å². The number of ether oxygens (including phenoxy) is 1. The van der Waals surface area contributed by atoms with E-state index in [1.165, 1.54) is 0 Å². The van der Waals surface area contributed by atoms with Gasteiger partial charge in [-0.25, -0.2) is 0 Å². The van der Waals surface area contributed by atoms with Gasteiger partial charge in [0.1, 0.15) is 0 Å². The molecule has 1 aliphatic rings. The van der Waals surface area contributed by atoms with Crippen LogP contribution in [0.5, 0.6) is 0 Å². The summed E-state index contributed by atoms with van der Waals surface area (Å²) in [7, 11) is 2.07. The van der Waals surface area contributed by atoms with E-state index in [9.17, 15) is 5.11 Å². The molecular weight excluding hydrogens is 190 g/mol. The predicted octanol–water partition coefficient (Wildman–Crippen LogP) is 1.65. The maximum absolute atomic E-state index is 9.18. The van der Waals surface area contributed by atoms with Gasteiger partial charge < -0.3 is 9.84 Å². The summed E-state index contributed by atoms with van der Waals surface area (Å²) in [6.45, 7) is 10.8. The molecule has 1 heterocycles. The molecule has 1 fully saturated rings. The van der Waals surface area contributed by atoms with E-state index in [1.807, 2.05) is 6.92 Å². The molecule has 90 valence electrons. The van der Waals surface area contributed by atoms with Crippen molar-refractivity contribution in [2.75, 3.05) is 13.7 Å². The van der Waals surface area contributed by atoms with Crippen LogP contribution in [-0.4, -0.2) is 46.9 Å². The second-order valence-corrected chi connectivity index (χ2v) is 5.88. The van der Waals surface area contributed by atoms with E-state index in [0.717, 1.165) is 6.42 Å². The van der Waals surface area contributed by atoms with Crippen molar-refractivity contribution in [1.82, 2.24) is 4.90 Å². The van der Waals surface area contributed by atoms with Crippen LogP contribution in [-0.2, 0) is 4.74 Å². The van der Waals surface area contributed by atoms with Crippen LogP contribution in [0.3, 0.4) is 0 Å². The smallest absolute Gasteiger partial charge is 0.0789 e. The van der Waals surface area contributed by atoms with E-state index < -0.39 is 0 Å². The first-order valence-corrected chi connectivity index (χ1v) is 5.72. The van der Waals surface area contributed by atoms with Gasteiger partial charge in [0, 0.05) is 12.1 Å². The number of hydrogen-bond acceptors (Lipinski definition) is 3. The molecule has 0 aliphatic carbocycles. The lowest BCUT2D eigenvalue weighted by atomic mass is 9.92. The van der Waals surface area contributed by atoms with Crippen LogP contribution in [0.1, 0.15) is 41.0 Å². The lowest BCUT2D eigenvalue weighted by molar-refractivity contribution is -0.0823. The quantitative estimate of drug-likeness (QED) is 0.777. The highest BCUT2D eigenvalue weighted by atomic mass is 16.5. The normalized spacial score (nSPS) is 30.8. The lowest BCUT2D eigenvalue weighted by Gasteiger charge is -2.36. The van der Waals surface area contributed by atoms with E-state index in [1.54, 1.807) is 0 Å². The molecule has 2 unspecified atom stereocenters. The number of likely N-dealkylation sites (N-methyl/N-ethyl adjacent to an activating group) is 1. The first-order valence-electron chi connectivity index (χ1n) is 5.72. The lowest BCUT2D eigenvalue weighted by Crippen LogP contribution is -2.49. The Hall–Kier alpha value is -0.120. The maximum Gasteiger partial charge on any atom is 0.0789 e. The standard InChI is InChI=1S/C12H25NO2/c1-9(8-14)13(6)10-7-11(2,3)15-12(10,4)5/h9-10,14H,7-8H2,1-6H3. The monoisotopic (exact) mass is 215 g/mol. The van der Waals surface area contributed by atoms with Gasteiger partial charge in [-0.3, -0.25) is 4.90 Å². The summed E-state index contributed by atoms with van der Waals surface area (Å²) >= 11 is 0. The summed E-state index contributed by atoms with van der Waals surface area (Å²) in [6, 6.07) is 0.557. The third kappa shape index (κ3) is 2.71. The Morgan fingerprint density at radius 1 is 1.40 bits per heavy atom. The van der Waals surface area contributed by atoms with E-state index in [4.69, 9.17) is 4.74 Å². The molecule has 0 bridgehead atoms. The van der Waals surface area contributed by atoms with Crippen molar-refractivity contribution in [2.24, 2.45) is 0 Å². The molecule has 0 radical (unpaired) electrons. The average Bonchev–Trinajstić information content (AvgIpc) is 2.31. The Labute approximate surface area is 93.4 Å². The Morgan fingerprint density at radius 3 is 2.27 bits per heavy atom. The molecule has 1 N–H and O–H groups in total.